The maximum absolute atomic E-state index is 11.6. The molecule has 1 saturated carbocycles. The van der Waals surface area contributed by atoms with E-state index in [9.17, 15) is 4.79 Å². The van der Waals surface area contributed by atoms with Gasteiger partial charge in [0.25, 0.3) is 5.91 Å². The normalized spacial score (nSPS) is 22.8. The van der Waals surface area contributed by atoms with Gasteiger partial charge in [-0.25, -0.2) is 0 Å². The highest BCUT2D eigenvalue weighted by molar-refractivity contribution is 5.94. The highest BCUT2D eigenvalue weighted by Gasteiger charge is 2.18. The first kappa shape index (κ1) is 13.9. The Morgan fingerprint density at radius 1 is 1.32 bits per heavy atom. The predicted molar refractivity (Wildman–Crippen MR) is 78.3 cm³/mol. The Morgan fingerprint density at radius 3 is 2.68 bits per heavy atom. The lowest BCUT2D eigenvalue weighted by atomic mass is 9.91. The first-order valence-electron chi connectivity index (χ1n) is 7.09. The smallest absolute Gasteiger partial charge is 0.251 e. The number of nitrogens with two attached hydrogens (primary N) is 1. The Hall–Kier alpha value is -1.55. The van der Waals surface area contributed by atoms with Crippen molar-refractivity contribution in [2.24, 2.45) is 5.73 Å². The molecule has 4 N–H and O–H groups in total. The molecule has 1 amide bonds. The van der Waals surface area contributed by atoms with E-state index in [1.54, 1.807) is 0 Å². The van der Waals surface area contributed by atoms with Gasteiger partial charge in [0.05, 0.1) is 0 Å². The number of hydrogen-bond donors (Lipinski definition) is 3. The molecule has 1 aliphatic rings. The lowest BCUT2D eigenvalue weighted by Gasteiger charge is -2.28. The minimum atomic E-state index is -0.0197. The van der Waals surface area contributed by atoms with Crippen molar-refractivity contribution < 1.29 is 4.79 Å². The molecule has 0 radical (unpaired) electrons. The standard InChI is InChI=1S/C15H23N3O/c1-2-17-15(19)11-6-8-13(9-7-11)18-14-5-3-4-12(16)10-14/h6-9,12,14,18H,2-5,10,16H2,1H3,(H,17,19). The summed E-state index contributed by atoms with van der Waals surface area (Å²) in [6.45, 7) is 2.57. The van der Waals surface area contributed by atoms with Gasteiger partial charge in [-0.2, -0.15) is 0 Å². The van der Waals surface area contributed by atoms with Crippen molar-refractivity contribution in [3.05, 3.63) is 29.8 Å². The molecule has 0 aromatic heterocycles. The highest BCUT2D eigenvalue weighted by Crippen LogP contribution is 2.21. The van der Waals surface area contributed by atoms with Gasteiger partial charge in [-0.15, -0.1) is 0 Å². The molecule has 1 aromatic carbocycles. The van der Waals surface area contributed by atoms with Crippen LogP contribution in [0.2, 0.25) is 0 Å². The average molecular weight is 261 g/mol. The number of carbonyl (C=O) groups excluding carboxylic acids is 1. The van der Waals surface area contributed by atoms with E-state index in [0.29, 0.717) is 24.2 Å². The first-order chi connectivity index (χ1) is 9.19. The van der Waals surface area contributed by atoms with E-state index in [1.165, 1.54) is 12.8 Å². The molecule has 0 saturated heterocycles. The summed E-state index contributed by atoms with van der Waals surface area (Å²) in [6.07, 6.45) is 4.52. The van der Waals surface area contributed by atoms with Crippen molar-refractivity contribution in [1.29, 1.82) is 0 Å². The van der Waals surface area contributed by atoms with Crippen LogP contribution in [-0.4, -0.2) is 24.5 Å². The number of benzene rings is 1. The van der Waals surface area contributed by atoms with Crippen LogP contribution in [0.4, 0.5) is 5.69 Å². The van der Waals surface area contributed by atoms with Crippen LogP contribution in [0.25, 0.3) is 0 Å². The van der Waals surface area contributed by atoms with Crippen molar-refractivity contribution in [1.82, 2.24) is 5.32 Å². The van der Waals surface area contributed by atoms with E-state index < -0.39 is 0 Å². The van der Waals surface area contributed by atoms with E-state index in [2.05, 4.69) is 10.6 Å². The summed E-state index contributed by atoms with van der Waals surface area (Å²) in [7, 11) is 0. The third kappa shape index (κ3) is 3.96. The molecule has 1 aromatic rings. The van der Waals surface area contributed by atoms with Gasteiger partial charge < -0.3 is 16.4 Å². The zero-order chi connectivity index (χ0) is 13.7. The second kappa shape index (κ2) is 6.57. The maximum Gasteiger partial charge on any atom is 0.251 e. The van der Waals surface area contributed by atoms with Crippen LogP contribution in [0.1, 0.15) is 43.0 Å². The lowest BCUT2D eigenvalue weighted by molar-refractivity contribution is 0.0956. The fraction of sp³-hybridized carbons (Fsp3) is 0.533. The summed E-state index contributed by atoms with van der Waals surface area (Å²) < 4.78 is 0. The number of amides is 1. The van der Waals surface area contributed by atoms with E-state index >= 15 is 0 Å². The van der Waals surface area contributed by atoms with Gasteiger partial charge >= 0.3 is 0 Å². The Balaban J connectivity index is 1.93. The molecule has 1 aliphatic carbocycles. The fourth-order valence-corrected chi connectivity index (χ4v) is 2.57. The first-order valence-corrected chi connectivity index (χ1v) is 7.09. The van der Waals surface area contributed by atoms with Crippen LogP contribution in [0.5, 0.6) is 0 Å². The molecule has 2 atom stereocenters. The van der Waals surface area contributed by atoms with Crippen molar-refractivity contribution >= 4 is 11.6 Å². The van der Waals surface area contributed by atoms with Crippen LogP contribution < -0.4 is 16.4 Å². The van der Waals surface area contributed by atoms with Crippen molar-refractivity contribution in [2.45, 2.75) is 44.7 Å². The molecule has 1 fully saturated rings. The predicted octanol–water partition coefficient (Wildman–Crippen LogP) is 2.12. The van der Waals surface area contributed by atoms with Gasteiger partial charge in [0.1, 0.15) is 0 Å². The number of nitrogens with one attached hydrogen (secondary N) is 2. The maximum atomic E-state index is 11.6. The third-order valence-electron chi connectivity index (χ3n) is 3.57. The summed E-state index contributed by atoms with van der Waals surface area (Å²) in [5.41, 5.74) is 7.75. The van der Waals surface area contributed by atoms with Crippen LogP contribution in [0.3, 0.4) is 0 Å². The molecular weight excluding hydrogens is 238 g/mol. The largest absolute Gasteiger partial charge is 0.382 e. The Morgan fingerprint density at radius 2 is 2.05 bits per heavy atom. The summed E-state index contributed by atoms with van der Waals surface area (Å²) in [5.74, 6) is -0.0197. The van der Waals surface area contributed by atoms with E-state index in [4.69, 9.17) is 5.73 Å². The molecule has 19 heavy (non-hydrogen) atoms. The Bertz CT molecular complexity index is 416. The lowest BCUT2D eigenvalue weighted by Crippen LogP contribution is -2.34. The minimum absolute atomic E-state index is 0.0197. The van der Waals surface area contributed by atoms with Gasteiger partial charge in [0.2, 0.25) is 0 Å². The molecule has 0 bridgehead atoms. The second-order valence-electron chi connectivity index (χ2n) is 5.20. The molecule has 2 unspecified atom stereocenters. The van der Waals surface area contributed by atoms with Crippen molar-refractivity contribution in [3.63, 3.8) is 0 Å². The SMILES string of the molecule is CCNC(=O)c1ccc(NC2CCCC(N)C2)cc1. The monoisotopic (exact) mass is 261 g/mol. The molecular formula is C15H23N3O. The van der Waals surface area contributed by atoms with Crippen LogP contribution in [0, 0.1) is 0 Å². The molecule has 0 heterocycles. The van der Waals surface area contributed by atoms with Gasteiger partial charge in [-0.05, 0) is 56.9 Å². The molecule has 104 valence electrons. The highest BCUT2D eigenvalue weighted by atomic mass is 16.1. The van der Waals surface area contributed by atoms with Gasteiger partial charge in [0.15, 0.2) is 0 Å². The quantitative estimate of drug-likeness (QED) is 0.777. The molecule has 0 aliphatic heterocycles. The summed E-state index contributed by atoms with van der Waals surface area (Å²) in [4.78, 5) is 11.6. The molecule has 0 spiro atoms. The zero-order valence-corrected chi connectivity index (χ0v) is 11.5. The van der Waals surface area contributed by atoms with Crippen molar-refractivity contribution in [3.8, 4) is 0 Å². The Kier molecular flexibility index (Phi) is 4.80. The number of anilines is 1. The second-order valence-corrected chi connectivity index (χ2v) is 5.20. The number of hydrogen-bond acceptors (Lipinski definition) is 3. The Labute approximate surface area is 114 Å². The van der Waals surface area contributed by atoms with E-state index in [-0.39, 0.29) is 5.91 Å². The van der Waals surface area contributed by atoms with Crippen LogP contribution >= 0.6 is 0 Å². The third-order valence-corrected chi connectivity index (χ3v) is 3.57. The summed E-state index contributed by atoms with van der Waals surface area (Å²) in [5, 5.41) is 6.29. The average Bonchev–Trinajstić information content (AvgIpc) is 2.40. The number of rotatable bonds is 4. The summed E-state index contributed by atoms with van der Waals surface area (Å²) in [6, 6.07) is 8.42. The van der Waals surface area contributed by atoms with Crippen LogP contribution in [0.15, 0.2) is 24.3 Å². The van der Waals surface area contributed by atoms with Crippen LogP contribution in [-0.2, 0) is 0 Å². The van der Waals surface area contributed by atoms with E-state index in [1.807, 2.05) is 31.2 Å². The minimum Gasteiger partial charge on any atom is -0.382 e. The van der Waals surface area contributed by atoms with E-state index in [0.717, 1.165) is 18.5 Å². The fourth-order valence-electron chi connectivity index (χ4n) is 2.57. The molecule has 4 heteroatoms. The van der Waals surface area contributed by atoms with Gasteiger partial charge in [-0.3, -0.25) is 4.79 Å². The molecule has 4 nitrogen and oxygen atoms in total. The number of carbonyl (C=O) groups is 1. The van der Waals surface area contributed by atoms with Gasteiger partial charge in [-0.1, -0.05) is 0 Å². The zero-order valence-electron chi connectivity index (χ0n) is 11.5. The topological polar surface area (TPSA) is 67.2 Å². The summed E-state index contributed by atoms with van der Waals surface area (Å²) >= 11 is 0. The van der Waals surface area contributed by atoms with Crippen molar-refractivity contribution in [2.75, 3.05) is 11.9 Å². The molecule has 2 rings (SSSR count). The van der Waals surface area contributed by atoms with Gasteiger partial charge in [0, 0.05) is 29.9 Å².